The summed E-state index contributed by atoms with van der Waals surface area (Å²) in [6.07, 6.45) is 0. The number of sulfonamides is 1. The molecular weight excluding hydrogens is 288 g/mol. The summed E-state index contributed by atoms with van der Waals surface area (Å²) in [5.41, 5.74) is 1.26. The van der Waals surface area contributed by atoms with Crippen molar-refractivity contribution in [1.29, 1.82) is 0 Å². The van der Waals surface area contributed by atoms with Crippen molar-refractivity contribution in [2.75, 3.05) is 19.6 Å². The van der Waals surface area contributed by atoms with Gasteiger partial charge in [0.2, 0.25) is 10.0 Å². The lowest BCUT2D eigenvalue weighted by Gasteiger charge is -2.32. The summed E-state index contributed by atoms with van der Waals surface area (Å²) < 4.78 is 28.6. The Morgan fingerprint density at radius 3 is 2.47 bits per heavy atom. The van der Waals surface area contributed by atoms with Gasteiger partial charge in [0.15, 0.2) is 0 Å². The third-order valence-corrected chi connectivity index (χ3v) is 5.72. The number of aryl methyl sites for hydroxylation is 2. The number of nitrogens with one attached hydrogen (secondary N) is 1. The molecule has 1 aliphatic heterocycles. The van der Waals surface area contributed by atoms with Crippen molar-refractivity contribution >= 4 is 22.4 Å². The molecule has 1 saturated heterocycles. The van der Waals surface area contributed by atoms with Crippen molar-refractivity contribution < 1.29 is 8.42 Å². The minimum Gasteiger partial charge on any atom is -0.314 e. The second-order valence-corrected chi connectivity index (χ2v) is 6.62. The van der Waals surface area contributed by atoms with E-state index in [-0.39, 0.29) is 18.4 Å². The Labute approximate surface area is 120 Å². The van der Waals surface area contributed by atoms with Crippen LogP contribution in [0, 0.1) is 13.8 Å². The molecule has 1 aromatic rings. The number of hydrogen-bond acceptors (Lipinski definition) is 4. The van der Waals surface area contributed by atoms with Crippen LogP contribution in [0.15, 0.2) is 4.90 Å². The first-order chi connectivity index (χ1) is 8.35. The Kier molecular flexibility index (Phi) is 5.00. The van der Waals surface area contributed by atoms with E-state index in [1.54, 1.807) is 29.9 Å². The van der Waals surface area contributed by atoms with E-state index in [1.165, 1.54) is 0 Å². The average molecular weight is 309 g/mol. The first-order valence-electron chi connectivity index (χ1n) is 6.08. The topological polar surface area (TPSA) is 67.2 Å². The summed E-state index contributed by atoms with van der Waals surface area (Å²) in [6, 6.07) is -0.0252. The first kappa shape index (κ1) is 16.4. The number of hydrogen-bond donors (Lipinski definition) is 1. The zero-order valence-electron chi connectivity index (χ0n) is 11.7. The third-order valence-electron chi connectivity index (χ3n) is 3.45. The van der Waals surface area contributed by atoms with Gasteiger partial charge in [0.1, 0.15) is 4.90 Å². The van der Waals surface area contributed by atoms with Crippen molar-refractivity contribution in [3.8, 4) is 0 Å². The van der Waals surface area contributed by atoms with Crippen LogP contribution in [0.1, 0.15) is 18.3 Å². The van der Waals surface area contributed by atoms with Crippen molar-refractivity contribution in [3.05, 3.63) is 11.4 Å². The van der Waals surface area contributed by atoms with Crippen molar-refractivity contribution in [3.63, 3.8) is 0 Å². The fourth-order valence-corrected chi connectivity index (χ4v) is 4.46. The van der Waals surface area contributed by atoms with E-state index >= 15 is 0 Å². The Hall–Kier alpha value is -0.630. The molecule has 1 fully saturated rings. The van der Waals surface area contributed by atoms with Gasteiger partial charge in [0.05, 0.1) is 11.4 Å². The largest absolute Gasteiger partial charge is 0.314 e. The van der Waals surface area contributed by atoms with Gasteiger partial charge in [-0.3, -0.25) is 4.68 Å². The fraction of sp³-hybridized carbons (Fsp3) is 0.727. The Morgan fingerprint density at radius 1 is 1.37 bits per heavy atom. The molecule has 0 bridgehead atoms. The number of nitrogens with zero attached hydrogens (tertiary/aromatic N) is 3. The molecule has 0 radical (unpaired) electrons. The van der Waals surface area contributed by atoms with Gasteiger partial charge >= 0.3 is 0 Å². The minimum atomic E-state index is -3.44. The summed E-state index contributed by atoms with van der Waals surface area (Å²) in [6.45, 7) is 7.36. The molecule has 8 heteroatoms. The van der Waals surface area contributed by atoms with Gasteiger partial charge in [-0.15, -0.1) is 12.4 Å². The third kappa shape index (κ3) is 2.79. The minimum absolute atomic E-state index is 0. The zero-order chi connectivity index (χ0) is 13.5. The highest BCUT2D eigenvalue weighted by molar-refractivity contribution is 7.89. The Morgan fingerprint density at radius 2 is 2.00 bits per heavy atom. The van der Waals surface area contributed by atoms with E-state index in [4.69, 9.17) is 0 Å². The van der Waals surface area contributed by atoms with Gasteiger partial charge in [0.25, 0.3) is 0 Å². The van der Waals surface area contributed by atoms with Crippen LogP contribution in [0.2, 0.25) is 0 Å². The average Bonchev–Trinajstić information content (AvgIpc) is 2.53. The van der Waals surface area contributed by atoms with Crippen molar-refractivity contribution in [2.24, 2.45) is 7.05 Å². The maximum atomic E-state index is 12.7. The van der Waals surface area contributed by atoms with Gasteiger partial charge in [-0.25, -0.2) is 8.42 Å². The van der Waals surface area contributed by atoms with E-state index in [9.17, 15) is 8.42 Å². The van der Waals surface area contributed by atoms with E-state index < -0.39 is 10.0 Å². The summed E-state index contributed by atoms with van der Waals surface area (Å²) in [5, 5.41) is 7.39. The second kappa shape index (κ2) is 5.78. The highest BCUT2D eigenvalue weighted by atomic mass is 35.5. The molecule has 1 aromatic heterocycles. The molecule has 1 N–H and O–H groups in total. The van der Waals surface area contributed by atoms with Crippen LogP contribution in [0.4, 0.5) is 0 Å². The SMILES string of the molecule is Cc1nn(C)c(C)c1S(=O)(=O)N1CCNC[C@H]1C.Cl. The molecule has 1 atom stereocenters. The Bertz CT molecular complexity index is 555. The van der Waals surface area contributed by atoms with E-state index in [0.29, 0.717) is 35.9 Å². The quantitative estimate of drug-likeness (QED) is 0.861. The number of halogens is 1. The van der Waals surface area contributed by atoms with Crippen LogP contribution < -0.4 is 5.32 Å². The summed E-state index contributed by atoms with van der Waals surface area (Å²) in [5.74, 6) is 0. The lowest BCUT2D eigenvalue weighted by atomic mass is 10.3. The standard InChI is InChI=1S/C11H20N4O2S.ClH/c1-8-7-12-5-6-15(8)18(16,17)11-9(2)13-14(4)10(11)3;/h8,12H,5-7H2,1-4H3;1H/t8-;/m1./s1. The monoisotopic (exact) mass is 308 g/mol. The van der Waals surface area contributed by atoms with Gasteiger partial charge in [0, 0.05) is 32.7 Å². The normalized spacial score (nSPS) is 21.2. The molecule has 6 nitrogen and oxygen atoms in total. The lowest BCUT2D eigenvalue weighted by molar-refractivity contribution is 0.283. The molecule has 0 aliphatic carbocycles. The molecule has 0 unspecified atom stereocenters. The van der Waals surface area contributed by atoms with E-state index in [2.05, 4.69) is 10.4 Å². The van der Waals surface area contributed by atoms with Gasteiger partial charge in [-0.2, -0.15) is 9.40 Å². The molecule has 2 rings (SSSR count). The van der Waals surface area contributed by atoms with Crippen LogP contribution in [-0.4, -0.2) is 48.2 Å². The van der Waals surface area contributed by atoms with E-state index in [0.717, 1.165) is 0 Å². The molecule has 110 valence electrons. The maximum Gasteiger partial charge on any atom is 0.247 e. The smallest absolute Gasteiger partial charge is 0.247 e. The highest BCUT2D eigenvalue weighted by Gasteiger charge is 2.34. The van der Waals surface area contributed by atoms with Crippen molar-refractivity contribution in [2.45, 2.75) is 31.7 Å². The van der Waals surface area contributed by atoms with Crippen LogP contribution in [-0.2, 0) is 17.1 Å². The predicted octanol–water partition coefficient (Wildman–Crippen LogP) is 0.441. The number of piperazine rings is 1. The molecule has 19 heavy (non-hydrogen) atoms. The number of rotatable bonds is 2. The fourth-order valence-electron chi connectivity index (χ4n) is 2.42. The second-order valence-electron chi connectivity index (χ2n) is 4.79. The first-order valence-corrected chi connectivity index (χ1v) is 7.52. The maximum absolute atomic E-state index is 12.7. The summed E-state index contributed by atoms with van der Waals surface area (Å²) >= 11 is 0. The molecule has 0 aromatic carbocycles. The molecule has 0 saturated carbocycles. The lowest BCUT2D eigenvalue weighted by Crippen LogP contribution is -2.52. The number of aromatic nitrogens is 2. The van der Waals surface area contributed by atoms with Crippen LogP contribution in [0.5, 0.6) is 0 Å². The molecule has 0 spiro atoms. The summed E-state index contributed by atoms with van der Waals surface area (Å²) in [7, 11) is -1.68. The van der Waals surface area contributed by atoms with Crippen LogP contribution >= 0.6 is 12.4 Å². The molecular formula is C11H21ClN4O2S. The molecule has 2 heterocycles. The zero-order valence-corrected chi connectivity index (χ0v) is 13.3. The predicted molar refractivity (Wildman–Crippen MR) is 76.2 cm³/mol. The van der Waals surface area contributed by atoms with Crippen LogP contribution in [0.3, 0.4) is 0 Å². The summed E-state index contributed by atoms with van der Waals surface area (Å²) in [4.78, 5) is 0.360. The van der Waals surface area contributed by atoms with E-state index in [1.807, 2.05) is 6.92 Å². The van der Waals surface area contributed by atoms with Gasteiger partial charge in [-0.05, 0) is 20.8 Å². The molecule has 1 aliphatic rings. The van der Waals surface area contributed by atoms with Crippen molar-refractivity contribution in [1.82, 2.24) is 19.4 Å². The Balaban J connectivity index is 0.00000180. The highest BCUT2D eigenvalue weighted by Crippen LogP contribution is 2.24. The molecule has 0 amide bonds. The van der Waals surface area contributed by atoms with Gasteiger partial charge in [-0.1, -0.05) is 0 Å². The van der Waals surface area contributed by atoms with Crippen LogP contribution in [0.25, 0.3) is 0 Å². The van der Waals surface area contributed by atoms with Gasteiger partial charge < -0.3 is 5.32 Å².